The van der Waals surface area contributed by atoms with E-state index in [0.717, 1.165) is 0 Å². The Morgan fingerprint density at radius 2 is 1.82 bits per heavy atom. The van der Waals surface area contributed by atoms with Crippen LogP contribution in [0.25, 0.3) is 0 Å². The number of allylic oxidation sites excluding steroid dienone is 6. The van der Waals surface area contributed by atoms with Crippen molar-refractivity contribution in [3.8, 4) is 0 Å². The fraction of sp³-hybridized carbons (Fsp3) is 0.467. The maximum Gasteiger partial charge on any atom is 0.0317 e. The maximum atomic E-state index is 3.62. The predicted octanol–water partition coefficient (Wildman–Crippen LogP) is 3.40. The average molecular weight is 250 g/mol. The Hall–Kier alpha value is -0.790. The van der Waals surface area contributed by atoms with Gasteiger partial charge in [-0.05, 0) is 25.0 Å². The van der Waals surface area contributed by atoms with Crippen molar-refractivity contribution >= 4 is 12.4 Å². The predicted molar refractivity (Wildman–Crippen MR) is 75.4 cm³/mol. The van der Waals surface area contributed by atoms with E-state index in [2.05, 4.69) is 47.8 Å². The largest absolute Gasteiger partial charge is 0.310 e. The molecule has 2 heteroatoms. The molecule has 1 saturated heterocycles. The second kappa shape index (κ2) is 5.70. The van der Waals surface area contributed by atoms with Crippen LogP contribution < -0.4 is 5.32 Å². The van der Waals surface area contributed by atoms with Crippen molar-refractivity contribution in [2.75, 3.05) is 6.54 Å². The molecule has 1 nitrogen and oxygen atoms in total. The van der Waals surface area contributed by atoms with Gasteiger partial charge in [0.1, 0.15) is 0 Å². The average Bonchev–Trinajstić information content (AvgIpc) is 2.39. The summed E-state index contributed by atoms with van der Waals surface area (Å²) in [5.41, 5.74) is 1.50. The van der Waals surface area contributed by atoms with E-state index in [1.54, 1.807) is 0 Å². The van der Waals surface area contributed by atoms with Crippen LogP contribution in [0.1, 0.15) is 19.3 Å². The third kappa shape index (κ3) is 2.72. The lowest BCUT2D eigenvalue weighted by Crippen LogP contribution is -2.36. The number of hydrogen-bond donors (Lipinski definition) is 1. The zero-order valence-corrected chi connectivity index (χ0v) is 10.8. The lowest BCUT2D eigenvalue weighted by molar-refractivity contribution is 0.440. The Morgan fingerprint density at radius 1 is 1.00 bits per heavy atom. The minimum Gasteiger partial charge on any atom is -0.310 e. The van der Waals surface area contributed by atoms with Gasteiger partial charge in [0, 0.05) is 17.9 Å². The topological polar surface area (TPSA) is 12.0 Å². The highest BCUT2D eigenvalue weighted by molar-refractivity contribution is 5.85. The molecule has 0 spiro atoms. The molecule has 3 rings (SSSR count). The molecular weight excluding hydrogens is 230 g/mol. The van der Waals surface area contributed by atoms with E-state index >= 15 is 0 Å². The molecule has 1 aliphatic heterocycles. The summed E-state index contributed by atoms with van der Waals surface area (Å²) in [7, 11) is 0. The summed E-state index contributed by atoms with van der Waals surface area (Å²) in [6, 6.07) is 0.602. The van der Waals surface area contributed by atoms with E-state index in [-0.39, 0.29) is 12.4 Å². The minimum absolute atomic E-state index is 0. The molecule has 0 radical (unpaired) electrons. The fourth-order valence-corrected chi connectivity index (χ4v) is 2.87. The summed E-state index contributed by atoms with van der Waals surface area (Å²) in [5.74, 6) is 1.19. The number of piperidine rings is 1. The van der Waals surface area contributed by atoms with Gasteiger partial charge in [-0.3, -0.25) is 0 Å². The highest BCUT2D eigenvalue weighted by Crippen LogP contribution is 2.30. The highest BCUT2D eigenvalue weighted by Gasteiger charge is 2.22. The summed E-state index contributed by atoms with van der Waals surface area (Å²) in [4.78, 5) is 0. The van der Waals surface area contributed by atoms with Gasteiger partial charge in [0.25, 0.3) is 0 Å². The number of halogens is 1. The van der Waals surface area contributed by atoms with Crippen molar-refractivity contribution in [1.82, 2.24) is 5.32 Å². The second-order valence-electron chi connectivity index (χ2n) is 4.95. The van der Waals surface area contributed by atoms with Crippen LogP contribution in [0.3, 0.4) is 0 Å². The van der Waals surface area contributed by atoms with E-state index in [9.17, 15) is 0 Å². The van der Waals surface area contributed by atoms with Gasteiger partial charge in [-0.15, -0.1) is 12.4 Å². The summed E-state index contributed by atoms with van der Waals surface area (Å²) < 4.78 is 0. The van der Waals surface area contributed by atoms with Gasteiger partial charge in [-0.25, -0.2) is 0 Å². The maximum absolute atomic E-state index is 3.62. The number of fused-ring (bicyclic) bond motifs is 1. The first-order valence-electron chi connectivity index (χ1n) is 6.42. The zero-order chi connectivity index (χ0) is 10.8. The molecule has 0 amide bonds. The SMILES string of the molecule is C1=CC2C=CC(C3CCCCN3)=CC2C=C1.Cl. The molecule has 0 bridgehead atoms. The monoisotopic (exact) mass is 249 g/mol. The van der Waals surface area contributed by atoms with Crippen molar-refractivity contribution in [3.63, 3.8) is 0 Å². The van der Waals surface area contributed by atoms with Crippen LogP contribution in [-0.2, 0) is 0 Å². The molecule has 1 N–H and O–H groups in total. The first-order valence-corrected chi connectivity index (χ1v) is 6.42. The molecule has 1 fully saturated rings. The Labute approximate surface area is 110 Å². The van der Waals surface area contributed by atoms with Crippen LogP contribution in [0, 0.1) is 11.8 Å². The van der Waals surface area contributed by atoms with Gasteiger partial charge < -0.3 is 5.32 Å². The molecular formula is C15H20ClN. The van der Waals surface area contributed by atoms with Crippen molar-refractivity contribution in [2.45, 2.75) is 25.3 Å². The van der Waals surface area contributed by atoms with Crippen molar-refractivity contribution in [1.29, 1.82) is 0 Å². The number of hydrogen-bond acceptors (Lipinski definition) is 1. The van der Waals surface area contributed by atoms with E-state index in [1.165, 1.54) is 31.4 Å². The van der Waals surface area contributed by atoms with Crippen LogP contribution in [0.4, 0.5) is 0 Å². The van der Waals surface area contributed by atoms with Gasteiger partial charge in [0.05, 0.1) is 0 Å². The molecule has 2 aliphatic carbocycles. The van der Waals surface area contributed by atoms with Gasteiger partial charge in [0.15, 0.2) is 0 Å². The molecule has 0 aromatic carbocycles. The first-order chi connectivity index (χ1) is 7.93. The first kappa shape index (κ1) is 12.7. The molecule has 1 heterocycles. The Morgan fingerprint density at radius 3 is 2.59 bits per heavy atom. The second-order valence-corrected chi connectivity index (χ2v) is 4.95. The number of rotatable bonds is 1. The van der Waals surface area contributed by atoms with Crippen LogP contribution >= 0.6 is 12.4 Å². The Bertz CT molecular complexity index is 372. The van der Waals surface area contributed by atoms with Gasteiger partial charge >= 0.3 is 0 Å². The van der Waals surface area contributed by atoms with Crippen LogP contribution in [0.15, 0.2) is 48.1 Å². The molecule has 17 heavy (non-hydrogen) atoms. The molecule has 0 aromatic heterocycles. The molecule has 0 saturated carbocycles. The van der Waals surface area contributed by atoms with Gasteiger partial charge in [0.2, 0.25) is 0 Å². The third-order valence-corrected chi connectivity index (χ3v) is 3.83. The van der Waals surface area contributed by atoms with Crippen LogP contribution in [0.5, 0.6) is 0 Å². The third-order valence-electron chi connectivity index (χ3n) is 3.83. The van der Waals surface area contributed by atoms with Crippen LogP contribution in [-0.4, -0.2) is 12.6 Å². The van der Waals surface area contributed by atoms with Crippen molar-refractivity contribution in [3.05, 3.63) is 48.1 Å². The van der Waals surface area contributed by atoms with E-state index < -0.39 is 0 Å². The van der Waals surface area contributed by atoms with Gasteiger partial charge in [-0.2, -0.15) is 0 Å². The number of nitrogens with one attached hydrogen (secondary N) is 1. The zero-order valence-electron chi connectivity index (χ0n) is 10.0. The molecule has 3 atom stereocenters. The standard InChI is InChI=1S/C15H19N.ClH/c1-2-6-13-11-14(9-8-12(13)5-1)15-7-3-4-10-16-15;/h1-2,5-6,8-9,11-13,15-16H,3-4,7,10H2;1H. The lowest BCUT2D eigenvalue weighted by atomic mass is 9.80. The summed E-state index contributed by atoms with van der Waals surface area (Å²) >= 11 is 0. The molecule has 3 unspecified atom stereocenters. The van der Waals surface area contributed by atoms with E-state index in [0.29, 0.717) is 17.9 Å². The molecule has 3 aliphatic rings. The quantitative estimate of drug-likeness (QED) is 0.751. The molecule has 0 aromatic rings. The summed E-state index contributed by atoms with van der Waals surface area (Å²) in [6.07, 6.45) is 20.1. The lowest BCUT2D eigenvalue weighted by Gasteiger charge is -2.29. The van der Waals surface area contributed by atoms with Crippen molar-refractivity contribution in [2.24, 2.45) is 11.8 Å². The minimum atomic E-state index is 0. The van der Waals surface area contributed by atoms with Gasteiger partial charge in [-0.1, -0.05) is 49.0 Å². The van der Waals surface area contributed by atoms with E-state index in [4.69, 9.17) is 0 Å². The van der Waals surface area contributed by atoms with Crippen LogP contribution in [0.2, 0.25) is 0 Å². The van der Waals surface area contributed by atoms with E-state index in [1.807, 2.05) is 0 Å². The normalized spacial score (nSPS) is 34.8. The fourth-order valence-electron chi connectivity index (χ4n) is 2.87. The highest BCUT2D eigenvalue weighted by atomic mass is 35.5. The summed E-state index contributed by atoms with van der Waals surface area (Å²) in [5, 5.41) is 3.62. The Kier molecular flexibility index (Phi) is 4.25. The smallest absolute Gasteiger partial charge is 0.0317 e. The Balaban J connectivity index is 0.00000108. The van der Waals surface area contributed by atoms with Crippen molar-refractivity contribution < 1.29 is 0 Å². The molecule has 92 valence electrons. The summed E-state index contributed by atoms with van der Waals surface area (Å²) in [6.45, 7) is 1.18.